The molecule has 7 nitrogen and oxygen atoms in total. The van der Waals surface area contributed by atoms with E-state index in [4.69, 9.17) is 9.47 Å². The standard InChI is InChI=1S/C21H21FN4O3/c1-21(12-28-13-21)9-18(27)15-5-8-19(23-10-15)29-11-17-20(24-25-26(17)2)14-3-6-16(22)7-4-14/h3-8,10H,9,11-13H2,1-2H3. The van der Waals surface area contributed by atoms with Gasteiger partial charge in [0.05, 0.1) is 13.2 Å². The van der Waals surface area contributed by atoms with Crippen LogP contribution in [0.4, 0.5) is 4.39 Å². The number of aromatic nitrogens is 4. The second-order valence-corrected chi connectivity index (χ2v) is 7.59. The van der Waals surface area contributed by atoms with Crippen LogP contribution in [0.5, 0.6) is 5.88 Å². The summed E-state index contributed by atoms with van der Waals surface area (Å²) < 4.78 is 25.8. The van der Waals surface area contributed by atoms with Gasteiger partial charge in [0, 0.05) is 42.3 Å². The summed E-state index contributed by atoms with van der Waals surface area (Å²) in [5.74, 6) is 0.128. The van der Waals surface area contributed by atoms with E-state index in [1.807, 2.05) is 6.92 Å². The van der Waals surface area contributed by atoms with E-state index < -0.39 is 0 Å². The Labute approximate surface area is 167 Å². The highest BCUT2D eigenvalue weighted by atomic mass is 19.1. The van der Waals surface area contributed by atoms with Crippen LogP contribution in [-0.4, -0.2) is 39.0 Å². The smallest absolute Gasteiger partial charge is 0.213 e. The van der Waals surface area contributed by atoms with Crippen molar-refractivity contribution >= 4 is 5.78 Å². The molecule has 0 aliphatic carbocycles. The van der Waals surface area contributed by atoms with Gasteiger partial charge in [0.25, 0.3) is 0 Å². The molecule has 8 heteroatoms. The summed E-state index contributed by atoms with van der Waals surface area (Å²) in [5.41, 5.74) is 2.59. The Hall–Kier alpha value is -3.13. The molecule has 0 unspecified atom stereocenters. The van der Waals surface area contributed by atoms with Gasteiger partial charge in [0.2, 0.25) is 5.88 Å². The third-order valence-electron chi connectivity index (χ3n) is 4.96. The monoisotopic (exact) mass is 396 g/mol. The number of aryl methyl sites for hydroxylation is 1. The van der Waals surface area contributed by atoms with Crippen molar-refractivity contribution in [2.45, 2.75) is 20.0 Å². The van der Waals surface area contributed by atoms with Crippen LogP contribution < -0.4 is 4.74 Å². The number of ether oxygens (including phenoxy) is 2. The normalized spacial score (nSPS) is 15.0. The van der Waals surface area contributed by atoms with E-state index in [0.29, 0.717) is 36.8 Å². The highest BCUT2D eigenvalue weighted by molar-refractivity contribution is 5.96. The van der Waals surface area contributed by atoms with Crippen LogP contribution in [0.1, 0.15) is 29.4 Å². The molecule has 4 rings (SSSR count). The molecule has 3 aromatic rings. The SMILES string of the molecule is Cn1nnc(-c2ccc(F)cc2)c1COc1ccc(C(=O)CC2(C)COC2)cn1. The molecule has 0 radical (unpaired) electrons. The third kappa shape index (κ3) is 4.17. The molecule has 2 aromatic heterocycles. The van der Waals surface area contributed by atoms with Crippen molar-refractivity contribution in [3.05, 3.63) is 59.7 Å². The lowest BCUT2D eigenvalue weighted by molar-refractivity contribution is -0.0996. The molecule has 0 N–H and O–H groups in total. The van der Waals surface area contributed by atoms with Gasteiger partial charge in [-0.15, -0.1) is 5.10 Å². The van der Waals surface area contributed by atoms with Crippen LogP contribution in [0.3, 0.4) is 0 Å². The van der Waals surface area contributed by atoms with Gasteiger partial charge in [-0.3, -0.25) is 4.79 Å². The maximum Gasteiger partial charge on any atom is 0.213 e. The number of carbonyl (C=O) groups is 1. The molecule has 1 aromatic carbocycles. The molecule has 0 atom stereocenters. The van der Waals surface area contributed by atoms with E-state index in [1.54, 1.807) is 36.0 Å². The molecule has 1 fully saturated rings. The molecule has 29 heavy (non-hydrogen) atoms. The Morgan fingerprint density at radius 2 is 2.00 bits per heavy atom. The maximum absolute atomic E-state index is 13.2. The number of hydrogen-bond donors (Lipinski definition) is 0. The summed E-state index contributed by atoms with van der Waals surface area (Å²) in [6, 6.07) is 9.44. The average Bonchev–Trinajstić information content (AvgIpc) is 3.06. The van der Waals surface area contributed by atoms with Gasteiger partial charge in [-0.25, -0.2) is 14.1 Å². The summed E-state index contributed by atoms with van der Waals surface area (Å²) in [5, 5.41) is 8.18. The van der Waals surface area contributed by atoms with Crippen molar-refractivity contribution < 1.29 is 18.7 Å². The zero-order valence-corrected chi connectivity index (χ0v) is 16.3. The lowest BCUT2D eigenvalue weighted by Gasteiger charge is -2.37. The number of Topliss-reactive ketones (excluding diaryl/α,β-unsaturated/α-hetero) is 1. The van der Waals surface area contributed by atoms with Crippen LogP contribution in [0.2, 0.25) is 0 Å². The van der Waals surface area contributed by atoms with Crippen molar-refractivity contribution in [3.63, 3.8) is 0 Å². The lowest BCUT2D eigenvalue weighted by Crippen LogP contribution is -2.41. The molecule has 3 heterocycles. The van der Waals surface area contributed by atoms with Crippen LogP contribution in [0, 0.1) is 11.2 Å². The van der Waals surface area contributed by atoms with Crippen LogP contribution in [-0.2, 0) is 18.4 Å². The zero-order chi connectivity index (χ0) is 20.4. The molecule has 0 spiro atoms. The predicted octanol–water partition coefficient (Wildman–Crippen LogP) is 3.20. The van der Waals surface area contributed by atoms with Crippen molar-refractivity contribution in [1.82, 2.24) is 20.0 Å². The van der Waals surface area contributed by atoms with E-state index in [0.717, 1.165) is 11.3 Å². The number of hydrogen-bond acceptors (Lipinski definition) is 6. The lowest BCUT2D eigenvalue weighted by atomic mass is 9.82. The van der Waals surface area contributed by atoms with Gasteiger partial charge in [-0.2, -0.15) is 0 Å². The first-order valence-electron chi connectivity index (χ1n) is 9.28. The Balaban J connectivity index is 1.42. The topological polar surface area (TPSA) is 79.1 Å². The van der Waals surface area contributed by atoms with Crippen LogP contribution in [0.25, 0.3) is 11.3 Å². The summed E-state index contributed by atoms with van der Waals surface area (Å²) in [7, 11) is 1.76. The fraction of sp³-hybridized carbons (Fsp3) is 0.333. The number of pyridine rings is 1. The Bertz CT molecular complexity index is 1010. The van der Waals surface area contributed by atoms with E-state index in [9.17, 15) is 9.18 Å². The molecular weight excluding hydrogens is 375 g/mol. The van der Waals surface area contributed by atoms with Crippen LogP contribution in [0.15, 0.2) is 42.6 Å². The first-order valence-corrected chi connectivity index (χ1v) is 9.28. The Kier molecular flexibility index (Phi) is 5.10. The summed E-state index contributed by atoms with van der Waals surface area (Å²) in [6.45, 7) is 3.46. The van der Waals surface area contributed by atoms with Gasteiger partial charge >= 0.3 is 0 Å². The first-order chi connectivity index (χ1) is 13.9. The third-order valence-corrected chi connectivity index (χ3v) is 4.96. The largest absolute Gasteiger partial charge is 0.471 e. The molecular formula is C21H21FN4O3. The minimum atomic E-state index is -0.312. The number of nitrogens with zero attached hydrogens (tertiary/aromatic N) is 4. The molecule has 1 aliphatic heterocycles. The number of carbonyl (C=O) groups excluding carboxylic acids is 1. The minimum Gasteiger partial charge on any atom is -0.471 e. The second kappa shape index (κ2) is 7.71. The summed E-state index contributed by atoms with van der Waals surface area (Å²) in [6.07, 6.45) is 1.97. The van der Waals surface area contributed by atoms with E-state index >= 15 is 0 Å². The van der Waals surface area contributed by atoms with Crippen LogP contribution >= 0.6 is 0 Å². The molecule has 150 valence electrons. The maximum atomic E-state index is 13.2. The van der Waals surface area contributed by atoms with Crippen molar-refractivity contribution in [1.29, 1.82) is 0 Å². The Morgan fingerprint density at radius 3 is 2.62 bits per heavy atom. The fourth-order valence-electron chi connectivity index (χ4n) is 3.19. The predicted molar refractivity (Wildman–Crippen MR) is 103 cm³/mol. The summed E-state index contributed by atoms with van der Waals surface area (Å²) >= 11 is 0. The van der Waals surface area contributed by atoms with E-state index in [1.165, 1.54) is 18.3 Å². The quantitative estimate of drug-likeness (QED) is 0.571. The van der Waals surface area contributed by atoms with Gasteiger partial charge in [0.1, 0.15) is 23.8 Å². The second-order valence-electron chi connectivity index (χ2n) is 7.59. The number of halogens is 1. The van der Waals surface area contributed by atoms with Gasteiger partial charge in [0.15, 0.2) is 5.78 Å². The molecule has 0 saturated carbocycles. The fourth-order valence-corrected chi connectivity index (χ4v) is 3.19. The summed E-state index contributed by atoms with van der Waals surface area (Å²) in [4.78, 5) is 16.6. The minimum absolute atomic E-state index is 0.0456. The highest BCUT2D eigenvalue weighted by Crippen LogP contribution is 2.32. The van der Waals surface area contributed by atoms with Gasteiger partial charge in [-0.05, 0) is 30.3 Å². The molecule has 0 bridgehead atoms. The van der Waals surface area contributed by atoms with Crippen molar-refractivity contribution in [2.75, 3.05) is 13.2 Å². The van der Waals surface area contributed by atoms with Gasteiger partial charge < -0.3 is 9.47 Å². The zero-order valence-electron chi connectivity index (χ0n) is 16.3. The number of ketones is 1. The Morgan fingerprint density at radius 1 is 1.24 bits per heavy atom. The number of rotatable bonds is 7. The van der Waals surface area contributed by atoms with E-state index in [2.05, 4.69) is 15.3 Å². The molecule has 0 amide bonds. The highest BCUT2D eigenvalue weighted by Gasteiger charge is 2.35. The average molecular weight is 396 g/mol. The van der Waals surface area contributed by atoms with Crippen molar-refractivity contribution in [3.8, 4) is 17.1 Å². The van der Waals surface area contributed by atoms with Crippen molar-refractivity contribution in [2.24, 2.45) is 12.5 Å². The molecule has 1 saturated heterocycles. The first kappa shape index (κ1) is 19.2. The van der Waals surface area contributed by atoms with E-state index in [-0.39, 0.29) is 23.6 Å². The number of benzene rings is 1. The molecule has 1 aliphatic rings. The van der Waals surface area contributed by atoms with Gasteiger partial charge in [-0.1, -0.05) is 12.1 Å².